The normalized spacial score (nSPS) is 15.1. The number of nitrogens with zero attached hydrogens (tertiary/aromatic N) is 4. The number of aryl methyl sites for hydroxylation is 3. The smallest absolute Gasteiger partial charge is 0.282 e. The standard InChI is InChI=1S/C23H26N4O2/c1-16-13-19-20(14-17(16)2)25(3)22(28)21(24-19)23(29)27-11-9-26(10-12-27)15-18-7-5-4-6-8-18/h4-8,13-14H,9-12,15H2,1-3H3. The van der Waals surface area contributed by atoms with Crippen molar-refractivity contribution in [1.29, 1.82) is 0 Å². The van der Waals surface area contributed by atoms with E-state index >= 15 is 0 Å². The number of amides is 1. The molecule has 1 aliphatic rings. The Morgan fingerprint density at radius 1 is 1.00 bits per heavy atom. The molecule has 0 bridgehead atoms. The molecule has 6 nitrogen and oxygen atoms in total. The number of hydrogen-bond donors (Lipinski definition) is 0. The van der Waals surface area contributed by atoms with Gasteiger partial charge in [0.05, 0.1) is 11.0 Å². The maximum absolute atomic E-state index is 13.1. The molecule has 0 unspecified atom stereocenters. The number of benzene rings is 2. The number of aromatic nitrogens is 2. The summed E-state index contributed by atoms with van der Waals surface area (Å²) in [6, 6.07) is 14.2. The molecule has 29 heavy (non-hydrogen) atoms. The summed E-state index contributed by atoms with van der Waals surface area (Å²) >= 11 is 0. The van der Waals surface area contributed by atoms with Gasteiger partial charge in [0.15, 0.2) is 5.69 Å². The highest BCUT2D eigenvalue weighted by molar-refractivity contribution is 5.94. The Morgan fingerprint density at radius 2 is 1.66 bits per heavy atom. The van der Waals surface area contributed by atoms with E-state index in [1.54, 1.807) is 11.9 Å². The SMILES string of the molecule is Cc1cc2nc(C(=O)N3CCN(Cc4ccccc4)CC3)c(=O)n(C)c2cc1C. The Labute approximate surface area is 170 Å². The van der Waals surface area contributed by atoms with E-state index in [1.807, 2.05) is 44.2 Å². The summed E-state index contributed by atoms with van der Waals surface area (Å²) in [7, 11) is 1.70. The van der Waals surface area contributed by atoms with E-state index in [0.717, 1.165) is 36.3 Å². The topological polar surface area (TPSA) is 58.4 Å². The van der Waals surface area contributed by atoms with Crippen LogP contribution in [0.4, 0.5) is 0 Å². The van der Waals surface area contributed by atoms with Crippen LogP contribution in [0.1, 0.15) is 27.2 Å². The summed E-state index contributed by atoms with van der Waals surface area (Å²) in [5, 5.41) is 0. The van der Waals surface area contributed by atoms with Crippen LogP contribution in [0.2, 0.25) is 0 Å². The average Bonchev–Trinajstić information content (AvgIpc) is 2.73. The highest BCUT2D eigenvalue weighted by Gasteiger charge is 2.26. The van der Waals surface area contributed by atoms with Gasteiger partial charge in [-0.2, -0.15) is 0 Å². The van der Waals surface area contributed by atoms with Crippen molar-refractivity contribution in [1.82, 2.24) is 19.4 Å². The molecule has 1 fully saturated rings. The number of rotatable bonds is 3. The summed E-state index contributed by atoms with van der Waals surface area (Å²) in [6.07, 6.45) is 0. The summed E-state index contributed by atoms with van der Waals surface area (Å²) in [4.78, 5) is 34.4. The molecule has 150 valence electrons. The van der Waals surface area contributed by atoms with Crippen LogP contribution in [-0.2, 0) is 13.6 Å². The van der Waals surface area contributed by atoms with Crippen molar-refractivity contribution < 1.29 is 4.79 Å². The molecule has 0 aliphatic carbocycles. The summed E-state index contributed by atoms with van der Waals surface area (Å²) in [6.45, 7) is 7.66. The molecular formula is C23H26N4O2. The Morgan fingerprint density at radius 3 is 2.34 bits per heavy atom. The zero-order valence-electron chi connectivity index (χ0n) is 17.2. The van der Waals surface area contributed by atoms with Gasteiger partial charge in [-0.15, -0.1) is 0 Å². The first-order valence-corrected chi connectivity index (χ1v) is 9.97. The summed E-state index contributed by atoms with van der Waals surface area (Å²) in [5.74, 6) is -0.273. The average molecular weight is 390 g/mol. The van der Waals surface area contributed by atoms with Crippen molar-refractivity contribution in [2.75, 3.05) is 26.2 Å². The maximum Gasteiger partial charge on any atom is 0.282 e. The second kappa shape index (κ2) is 7.79. The first-order valence-electron chi connectivity index (χ1n) is 9.97. The lowest BCUT2D eigenvalue weighted by molar-refractivity contribution is 0.0620. The Hall–Kier alpha value is -2.99. The molecule has 6 heteroatoms. The van der Waals surface area contributed by atoms with Crippen LogP contribution < -0.4 is 5.56 Å². The van der Waals surface area contributed by atoms with E-state index in [1.165, 1.54) is 10.1 Å². The Balaban J connectivity index is 1.53. The minimum Gasteiger partial charge on any atom is -0.335 e. The van der Waals surface area contributed by atoms with Crippen molar-refractivity contribution >= 4 is 16.9 Å². The molecule has 1 amide bonds. The van der Waals surface area contributed by atoms with E-state index < -0.39 is 0 Å². The lowest BCUT2D eigenvalue weighted by Crippen LogP contribution is -2.49. The molecular weight excluding hydrogens is 364 g/mol. The lowest BCUT2D eigenvalue weighted by Gasteiger charge is -2.34. The molecule has 0 radical (unpaired) electrons. The van der Waals surface area contributed by atoms with Crippen LogP contribution in [0.3, 0.4) is 0 Å². The fourth-order valence-corrected chi connectivity index (χ4v) is 3.82. The van der Waals surface area contributed by atoms with Crippen LogP contribution in [0, 0.1) is 13.8 Å². The number of hydrogen-bond acceptors (Lipinski definition) is 4. The molecule has 2 heterocycles. The van der Waals surface area contributed by atoms with Crippen molar-refractivity contribution in [3.05, 3.63) is 75.2 Å². The second-order valence-corrected chi connectivity index (χ2v) is 7.80. The zero-order valence-corrected chi connectivity index (χ0v) is 17.2. The summed E-state index contributed by atoms with van der Waals surface area (Å²) < 4.78 is 1.54. The monoisotopic (exact) mass is 390 g/mol. The van der Waals surface area contributed by atoms with Crippen LogP contribution in [0.15, 0.2) is 47.3 Å². The lowest BCUT2D eigenvalue weighted by atomic mass is 10.1. The first-order chi connectivity index (χ1) is 13.9. The molecule has 1 aliphatic heterocycles. The van der Waals surface area contributed by atoms with Gasteiger partial charge in [-0.1, -0.05) is 30.3 Å². The minimum absolute atomic E-state index is 0.0137. The second-order valence-electron chi connectivity index (χ2n) is 7.80. The third kappa shape index (κ3) is 3.80. The highest BCUT2D eigenvalue weighted by atomic mass is 16.2. The molecule has 0 spiro atoms. The Kier molecular flexibility index (Phi) is 5.20. The Bertz CT molecular complexity index is 1110. The number of piperazine rings is 1. The van der Waals surface area contributed by atoms with E-state index in [0.29, 0.717) is 18.6 Å². The maximum atomic E-state index is 13.1. The van der Waals surface area contributed by atoms with E-state index in [9.17, 15) is 9.59 Å². The molecule has 4 rings (SSSR count). The molecule has 3 aromatic rings. The van der Waals surface area contributed by atoms with Crippen LogP contribution in [-0.4, -0.2) is 51.4 Å². The third-order valence-electron chi connectivity index (χ3n) is 5.80. The molecule has 1 aromatic heterocycles. The van der Waals surface area contributed by atoms with Crippen molar-refractivity contribution in [3.8, 4) is 0 Å². The summed E-state index contributed by atoms with van der Waals surface area (Å²) in [5.41, 5.74) is 4.57. The van der Waals surface area contributed by atoms with Gasteiger partial charge in [0, 0.05) is 39.8 Å². The molecule has 1 saturated heterocycles. The van der Waals surface area contributed by atoms with Gasteiger partial charge in [-0.3, -0.25) is 14.5 Å². The largest absolute Gasteiger partial charge is 0.335 e. The van der Waals surface area contributed by atoms with E-state index in [-0.39, 0.29) is 17.2 Å². The number of carbonyl (C=O) groups excluding carboxylic acids is 1. The van der Waals surface area contributed by atoms with Crippen LogP contribution in [0.25, 0.3) is 11.0 Å². The van der Waals surface area contributed by atoms with Crippen LogP contribution >= 0.6 is 0 Å². The van der Waals surface area contributed by atoms with Gasteiger partial charge >= 0.3 is 0 Å². The fourth-order valence-electron chi connectivity index (χ4n) is 3.82. The minimum atomic E-state index is -0.336. The van der Waals surface area contributed by atoms with E-state index in [4.69, 9.17) is 0 Å². The predicted molar refractivity (Wildman–Crippen MR) is 114 cm³/mol. The molecule has 0 atom stereocenters. The highest BCUT2D eigenvalue weighted by Crippen LogP contribution is 2.17. The van der Waals surface area contributed by atoms with Gasteiger partial charge in [0.1, 0.15) is 0 Å². The molecule has 2 aromatic carbocycles. The zero-order chi connectivity index (χ0) is 20.5. The first kappa shape index (κ1) is 19.3. The third-order valence-corrected chi connectivity index (χ3v) is 5.80. The van der Waals surface area contributed by atoms with Crippen molar-refractivity contribution in [2.45, 2.75) is 20.4 Å². The van der Waals surface area contributed by atoms with Gasteiger partial charge < -0.3 is 9.47 Å². The van der Waals surface area contributed by atoms with E-state index in [2.05, 4.69) is 22.0 Å². The van der Waals surface area contributed by atoms with Crippen LogP contribution in [0.5, 0.6) is 0 Å². The van der Waals surface area contributed by atoms with Gasteiger partial charge in [0.25, 0.3) is 11.5 Å². The molecule has 0 saturated carbocycles. The van der Waals surface area contributed by atoms with Gasteiger partial charge in [-0.25, -0.2) is 4.98 Å². The fraction of sp³-hybridized carbons (Fsp3) is 0.348. The quantitative estimate of drug-likeness (QED) is 0.690. The van der Waals surface area contributed by atoms with Gasteiger partial charge in [-0.05, 0) is 42.7 Å². The van der Waals surface area contributed by atoms with Gasteiger partial charge in [0.2, 0.25) is 0 Å². The number of fused-ring (bicyclic) bond motifs is 1. The van der Waals surface area contributed by atoms with Crippen molar-refractivity contribution in [2.24, 2.45) is 7.05 Å². The van der Waals surface area contributed by atoms with Crippen molar-refractivity contribution in [3.63, 3.8) is 0 Å². The number of carbonyl (C=O) groups is 1. The molecule has 0 N–H and O–H groups in total. The predicted octanol–water partition coefficient (Wildman–Crippen LogP) is 2.51.